The first-order valence-corrected chi connectivity index (χ1v) is 9.19. The number of hydrogen-bond acceptors (Lipinski definition) is 3. The minimum absolute atomic E-state index is 0.0151. The lowest BCUT2D eigenvalue weighted by molar-refractivity contribution is -0.137. The van der Waals surface area contributed by atoms with E-state index in [2.05, 4.69) is 6.58 Å². The molecule has 3 atom stereocenters. The van der Waals surface area contributed by atoms with Crippen molar-refractivity contribution in [1.29, 1.82) is 0 Å². The third-order valence-electron chi connectivity index (χ3n) is 6.27. The Hall–Kier alpha value is -2.94. The summed E-state index contributed by atoms with van der Waals surface area (Å²) in [6.07, 6.45) is 5.72. The summed E-state index contributed by atoms with van der Waals surface area (Å²) < 4.78 is 0. The number of rotatable bonds is 2. The van der Waals surface area contributed by atoms with Crippen LogP contribution in [0.1, 0.15) is 31.7 Å². The van der Waals surface area contributed by atoms with Gasteiger partial charge in [-0.25, -0.2) is 0 Å². The lowest BCUT2D eigenvalue weighted by Crippen LogP contribution is -2.49. The molecule has 1 N–H and O–H groups in total. The first kappa shape index (κ1) is 17.5. The molecule has 2 aromatic carbocycles. The summed E-state index contributed by atoms with van der Waals surface area (Å²) in [5, 5.41) is 12.7. The molecule has 2 aliphatic rings. The average Bonchev–Trinajstić information content (AvgIpc) is 2.66. The molecule has 3 heteroatoms. The van der Waals surface area contributed by atoms with Gasteiger partial charge in [0.2, 0.25) is 0 Å². The number of benzene rings is 2. The van der Waals surface area contributed by atoms with Gasteiger partial charge in [0, 0.05) is 17.4 Å². The van der Waals surface area contributed by atoms with E-state index in [0.29, 0.717) is 17.6 Å². The highest BCUT2D eigenvalue weighted by atomic mass is 16.3. The van der Waals surface area contributed by atoms with Crippen molar-refractivity contribution in [2.75, 3.05) is 0 Å². The molecule has 4 rings (SSSR count). The van der Waals surface area contributed by atoms with Gasteiger partial charge in [0.05, 0.1) is 5.41 Å². The summed E-state index contributed by atoms with van der Waals surface area (Å²) in [7, 11) is 0. The van der Waals surface area contributed by atoms with Crippen molar-refractivity contribution in [3.05, 3.63) is 77.9 Å². The molecule has 27 heavy (non-hydrogen) atoms. The van der Waals surface area contributed by atoms with Crippen LogP contribution < -0.4 is 0 Å². The molecule has 3 nitrogen and oxygen atoms in total. The maximum atomic E-state index is 13.4. The van der Waals surface area contributed by atoms with Crippen LogP contribution in [0.15, 0.2) is 72.4 Å². The van der Waals surface area contributed by atoms with Crippen LogP contribution in [0.3, 0.4) is 0 Å². The summed E-state index contributed by atoms with van der Waals surface area (Å²) in [6.45, 7) is 7.51. The van der Waals surface area contributed by atoms with Gasteiger partial charge in [-0.15, -0.1) is 0 Å². The highest BCUT2D eigenvalue weighted by Gasteiger charge is 2.55. The number of allylic oxidation sites excluding steroid dienone is 5. The van der Waals surface area contributed by atoms with Crippen LogP contribution in [0, 0.1) is 11.3 Å². The van der Waals surface area contributed by atoms with Crippen molar-refractivity contribution in [1.82, 2.24) is 0 Å². The lowest BCUT2D eigenvalue weighted by atomic mass is 9.53. The number of phenolic OH excluding ortho intramolecular Hbond substituents is 1. The molecule has 2 aliphatic carbocycles. The predicted octanol–water partition coefficient (Wildman–Crippen LogP) is 4.87. The smallest absolute Gasteiger partial charge is 0.166 e. The van der Waals surface area contributed by atoms with E-state index < -0.39 is 17.3 Å². The van der Waals surface area contributed by atoms with Gasteiger partial charge in [0.15, 0.2) is 11.6 Å². The highest BCUT2D eigenvalue weighted by Crippen LogP contribution is 2.57. The highest BCUT2D eigenvalue weighted by molar-refractivity contribution is 6.13. The van der Waals surface area contributed by atoms with E-state index in [-0.39, 0.29) is 17.3 Å². The molecule has 0 saturated carbocycles. The number of hydrogen-bond donors (Lipinski definition) is 1. The van der Waals surface area contributed by atoms with Gasteiger partial charge in [0.1, 0.15) is 5.75 Å². The van der Waals surface area contributed by atoms with Crippen LogP contribution in [0.25, 0.3) is 10.8 Å². The predicted molar refractivity (Wildman–Crippen MR) is 107 cm³/mol. The van der Waals surface area contributed by atoms with Crippen LogP contribution in [0.4, 0.5) is 0 Å². The fourth-order valence-electron chi connectivity index (χ4n) is 4.92. The second-order valence-corrected chi connectivity index (χ2v) is 7.69. The number of ketones is 2. The number of fused-ring (bicyclic) bond motifs is 2. The minimum Gasteiger partial charge on any atom is -0.508 e. The van der Waals surface area contributed by atoms with E-state index in [0.717, 1.165) is 16.3 Å². The molecule has 0 bridgehead atoms. The SMILES string of the molecule is C=CC1=CCC2C(=O)C=C(C)C(=O)C2(C)C1c1c(O)ccc2ccccc12. The zero-order valence-corrected chi connectivity index (χ0v) is 15.5. The number of carbonyl (C=O) groups is 2. The van der Waals surface area contributed by atoms with E-state index in [1.165, 1.54) is 6.08 Å². The Balaban J connectivity index is 2.07. The Morgan fingerprint density at radius 2 is 1.93 bits per heavy atom. The van der Waals surface area contributed by atoms with Gasteiger partial charge >= 0.3 is 0 Å². The molecular weight excluding hydrogens is 336 g/mol. The third kappa shape index (κ3) is 2.34. The molecule has 3 unspecified atom stereocenters. The molecule has 0 radical (unpaired) electrons. The molecule has 0 aliphatic heterocycles. The van der Waals surface area contributed by atoms with Gasteiger partial charge in [-0.2, -0.15) is 0 Å². The molecule has 0 heterocycles. The fourth-order valence-corrected chi connectivity index (χ4v) is 4.92. The topological polar surface area (TPSA) is 54.4 Å². The summed E-state index contributed by atoms with van der Waals surface area (Å²) in [5.41, 5.74) is 1.11. The molecule has 0 amide bonds. The van der Waals surface area contributed by atoms with Crippen LogP contribution in [0.2, 0.25) is 0 Å². The lowest BCUT2D eigenvalue weighted by Gasteiger charge is -2.47. The zero-order valence-electron chi connectivity index (χ0n) is 15.5. The molecule has 0 fully saturated rings. The Bertz CT molecular complexity index is 1060. The Morgan fingerprint density at radius 1 is 1.19 bits per heavy atom. The molecular formula is C24H22O3. The molecule has 0 aromatic heterocycles. The Labute approximate surface area is 158 Å². The standard InChI is InChI=1S/C24H22O3/c1-4-15-9-11-18-20(26)13-14(2)23(27)24(18,3)22(15)21-17-8-6-5-7-16(17)10-12-19(21)25/h4-10,12-13,18,22,25H,1,11H2,2-3H3. The van der Waals surface area contributed by atoms with E-state index >= 15 is 0 Å². The summed E-state index contributed by atoms with van der Waals surface area (Å²) >= 11 is 0. The number of aromatic hydroxyl groups is 1. The Kier molecular flexibility index (Phi) is 3.92. The van der Waals surface area contributed by atoms with Crippen molar-refractivity contribution >= 4 is 22.3 Å². The van der Waals surface area contributed by atoms with Crippen molar-refractivity contribution < 1.29 is 14.7 Å². The van der Waals surface area contributed by atoms with Crippen LogP contribution in [-0.4, -0.2) is 16.7 Å². The number of Topliss-reactive ketones (excluding diaryl/α,β-unsaturated/α-hetero) is 1. The number of carbonyl (C=O) groups excluding carboxylic acids is 2. The first-order valence-electron chi connectivity index (χ1n) is 9.19. The van der Waals surface area contributed by atoms with Gasteiger partial charge in [-0.1, -0.05) is 56.0 Å². The normalized spacial score (nSPS) is 27.8. The second kappa shape index (κ2) is 6.05. The van der Waals surface area contributed by atoms with Crippen LogP contribution in [-0.2, 0) is 9.59 Å². The molecule has 2 aromatic rings. The molecule has 0 spiro atoms. The van der Waals surface area contributed by atoms with Crippen molar-refractivity contribution in [3.8, 4) is 5.75 Å². The van der Waals surface area contributed by atoms with Gasteiger partial charge in [-0.3, -0.25) is 9.59 Å². The summed E-state index contributed by atoms with van der Waals surface area (Å²) in [5.74, 6) is -0.767. The van der Waals surface area contributed by atoms with Gasteiger partial charge in [0.25, 0.3) is 0 Å². The van der Waals surface area contributed by atoms with E-state index in [1.807, 2.05) is 43.3 Å². The van der Waals surface area contributed by atoms with Crippen LogP contribution in [0.5, 0.6) is 5.75 Å². The fraction of sp³-hybridized carbons (Fsp3) is 0.250. The summed E-state index contributed by atoms with van der Waals surface area (Å²) in [4.78, 5) is 26.1. The zero-order chi connectivity index (χ0) is 19.3. The quantitative estimate of drug-likeness (QED) is 0.833. The molecule has 136 valence electrons. The number of phenols is 1. The maximum absolute atomic E-state index is 13.4. The first-order chi connectivity index (χ1) is 12.9. The third-order valence-corrected chi connectivity index (χ3v) is 6.27. The van der Waals surface area contributed by atoms with Crippen molar-refractivity contribution in [2.45, 2.75) is 26.2 Å². The monoisotopic (exact) mass is 358 g/mol. The van der Waals surface area contributed by atoms with Crippen molar-refractivity contribution in [3.63, 3.8) is 0 Å². The van der Waals surface area contributed by atoms with Crippen LogP contribution >= 0.6 is 0 Å². The van der Waals surface area contributed by atoms with E-state index in [4.69, 9.17) is 0 Å². The van der Waals surface area contributed by atoms with Gasteiger partial charge < -0.3 is 5.11 Å². The average molecular weight is 358 g/mol. The van der Waals surface area contributed by atoms with Crippen molar-refractivity contribution in [2.24, 2.45) is 11.3 Å². The van der Waals surface area contributed by atoms with Gasteiger partial charge in [-0.05, 0) is 47.4 Å². The Morgan fingerprint density at radius 3 is 2.67 bits per heavy atom. The second-order valence-electron chi connectivity index (χ2n) is 7.69. The molecule has 0 saturated heterocycles. The summed E-state index contributed by atoms with van der Waals surface area (Å²) in [6, 6.07) is 11.3. The largest absolute Gasteiger partial charge is 0.508 e. The maximum Gasteiger partial charge on any atom is 0.166 e. The minimum atomic E-state index is -0.949. The van der Waals surface area contributed by atoms with E-state index in [1.54, 1.807) is 19.1 Å². The van der Waals surface area contributed by atoms with E-state index in [9.17, 15) is 14.7 Å².